The molecule has 0 aromatic heterocycles. The molecule has 39 heavy (non-hydrogen) atoms. The summed E-state index contributed by atoms with van der Waals surface area (Å²) < 4.78 is 5.33. The number of hydrogen-bond acceptors (Lipinski definition) is 5. The number of hydrogen-bond donors (Lipinski definition) is 3. The van der Waals surface area contributed by atoms with Crippen molar-refractivity contribution in [3.63, 3.8) is 0 Å². The summed E-state index contributed by atoms with van der Waals surface area (Å²) in [6.45, 7) is 12.7. The summed E-state index contributed by atoms with van der Waals surface area (Å²) in [5.74, 6) is -1.66. The molecule has 0 heterocycles. The van der Waals surface area contributed by atoms with E-state index in [1.165, 1.54) is 4.90 Å². The van der Waals surface area contributed by atoms with Gasteiger partial charge in [-0.15, -0.1) is 0 Å². The number of anilines is 1. The van der Waals surface area contributed by atoms with E-state index in [9.17, 15) is 19.2 Å². The zero-order valence-corrected chi connectivity index (χ0v) is 24.4. The normalized spacial score (nSPS) is 12.7. The van der Waals surface area contributed by atoms with Crippen molar-refractivity contribution in [2.75, 3.05) is 11.9 Å². The Bertz CT molecular complexity index is 1200. The van der Waals surface area contributed by atoms with Crippen LogP contribution in [0, 0.1) is 20.8 Å². The molecule has 0 aliphatic rings. The fourth-order valence-corrected chi connectivity index (χ4v) is 4.32. The van der Waals surface area contributed by atoms with Gasteiger partial charge >= 0.3 is 6.09 Å². The lowest BCUT2D eigenvalue weighted by atomic mass is 9.97. The molecule has 2 aromatic rings. The minimum Gasteiger partial charge on any atom is -0.444 e. The molecule has 9 nitrogen and oxygen atoms in total. The lowest BCUT2D eigenvalue weighted by Gasteiger charge is -2.34. The van der Waals surface area contributed by atoms with E-state index in [0.717, 1.165) is 16.7 Å². The number of amides is 4. The van der Waals surface area contributed by atoms with Gasteiger partial charge in [0.25, 0.3) is 5.91 Å². The Balaban J connectivity index is 2.54. The number of likely N-dealkylation sites (N-methyl/N-ethyl adjacent to an activating group) is 1. The molecular formula is C29H39ClN4O5. The van der Waals surface area contributed by atoms with Gasteiger partial charge in [0.15, 0.2) is 0 Å². The maximum absolute atomic E-state index is 13.9. The first-order valence-corrected chi connectivity index (χ1v) is 13.2. The van der Waals surface area contributed by atoms with Crippen LogP contribution in [-0.2, 0) is 19.1 Å². The molecule has 2 rings (SSSR count). The van der Waals surface area contributed by atoms with Crippen molar-refractivity contribution < 1.29 is 23.9 Å². The van der Waals surface area contributed by atoms with E-state index in [1.807, 2.05) is 39.0 Å². The Morgan fingerprint density at radius 3 is 2.23 bits per heavy atom. The van der Waals surface area contributed by atoms with Gasteiger partial charge in [0.2, 0.25) is 11.8 Å². The Hall–Kier alpha value is -3.59. The van der Waals surface area contributed by atoms with Crippen LogP contribution in [-0.4, -0.2) is 46.9 Å². The number of halogens is 1. The molecule has 0 fully saturated rings. The van der Waals surface area contributed by atoms with Crippen LogP contribution in [0.25, 0.3) is 0 Å². The molecule has 212 valence electrons. The zero-order chi connectivity index (χ0) is 29.5. The van der Waals surface area contributed by atoms with E-state index in [0.29, 0.717) is 16.3 Å². The summed E-state index contributed by atoms with van der Waals surface area (Å²) in [6.07, 6.45) is -1.03. The van der Waals surface area contributed by atoms with Gasteiger partial charge in [-0.2, -0.15) is 0 Å². The Labute approximate surface area is 235 Å². The van der Waals surface area contributed by atoms with E-state index in [2.05, 4.69) is 10.6 Å². The van der Waals surface area contributed by atoms with E-state index in [4.69, 9.17) is 22.1 Å². The van der Waals surface area contributed by atoms with Gasteiger partial charge < -0.3 is 26.0 Å². The Kier molecular flexibility index (Phi) is 10.9. The molecule has 10 heteroatoms. The van der Waals surface area contributed by atoms with Crippen LogP contribution in [0.3, 0.4) is 0 Å². The third-order valence-electron chi connectivity index (χ3n) is 6.17. The second-order valence-corrected chi connectivity index (χ2v) is 10.9. The minimum absolute atomic E-state index is 0.0607. The number of ether oxygens (including phenoxy) is 1. The average molecular weight is 559 g/mol. The lowest BCUT2D eigenvalue weighted by Crippen LogP contribution is -2.52. The van der Waals surface area contributed by atoms with Gasteiger partial charge in [-0.3, -0.25) is 14.4 Å². The van der Waals surface area contributed by atoms with E-state index in [-0.39, 0.29) is 19.4 Å². The van der Waals surface area contributed by atoms with Crippen molar-refractivity contribution in [2.24, 2.45) is 5.73 Å². The minimum atomic E-state index is -1.16. The SMILES string of the molecule is CCN(C(=O)C(CCC(N)=O)NC(=O)OC(C)(C)C)C(C(=O)Nc1c(C)cccc1Cl)c1ccc(C)c(C)c1. The summed E-state index contributed by atoms with van der Waals surface area (Å²) in [7, 11) is 0. The summed E-state index contributed by atoms with van der Waals surface area (Å²) in [4.78, 5) is 53.3. The van der Waals surface area contributed by atoms with Gasteiger partial charge in [0, 0.05) is 13.0 Å². The number of nitrogens with two attached hydrogens (primary N) is 1. The van der Waals surface area contributed by atoms with Crippen LogP contribution in [0.1, 0.15) is 68.8 Å². The number of primary amides is 1. The number of benzene rings is 2. The Morgan fingerprint density at radius 2 is 1.69 bits per heavy atom. The average Bonchev–Trinajstić information content (AvgIpc) is 2.82. The third-order valence-corrected chi connectivity index (χ3v) is 6.48. The zero-order valence-electron chi connectivity index (χ0n) is 23.7. The number of carbonyl (C=O) groups is 4. The standard InChI is InChI=1S/C29H39ClN4O5/c1-8-34(27(37)22(14-15-23(31)35)32-28(38)39-29(5,6)7)25(20-13-12-17(2)19(4)16-20)26(36)33-24-18(3)10-9-11-21(24)30/h9-13,16,22,25H,8,14-15H2,1-7H3,(H2,31,35)(H,32,38)(H,33,36). The molecule has 0 aliphatic carbocycles. The molecule has 0 bridgehead atoms. The molecule has 0 saturated carbocycles. The smallest absolute Gasteiger partial charge is 0.408 e. The van der Waals surface area contributed by atoms with Crippen LogP contribution in [0.15, 0.2) is 36.4 Å². The number of nitrogens with one attached hydrogen (secondary N) is 2. The predicted molar refractivity (Wildman–Crippen MR) is 152 cm³/mol. The van der Waals surface area contributed by atoms with E-state index < -0.39 is 41.5 Å². The number of nitrogens with zero attached hydrogens (tertiary/aromatic N) is 1. The van der Waals surface area contributed by atoms with Gasteiger partial charge in [-0.05, 0) is 83.2 Å². The first-order valence-electron chi connectivity index (χ1n) is 12.9. The maximum Gasteiger partial charge on any atom is 0.408 e. The van der Waals surface area contributed by atoms with Gasteiger partial charge in [-0.1, -0.05) is 41.9 Å². The third kappa shape index (κ3) is 8.99. The first-order chi connectivity index (χ1) is 18.1. The van der Waals surface area contributed by atoms with Crippen LogP contribution >= 0.6 is 11.6 Å². The molecular weight excluding hydrogens is 520 g/mol. The van der Waals surface area contributed by atoms with Crippen molar-refractivity contribution >= 4 is 41.1 Å². The van der Waals surface area contributed by atoms with Crippen molar-refractivity contribution in [3.8, 4) is 0 Å². The van der Waals surface area contributed by atoms with Crippen molar-refractivity contribution in [1.29, 1.82) is 0 Å². The van der Waals surface area contributed by atoms with Crippen LogP contribution in [0.2, 0.25) is 5.02 Å². The summed E-state index contributed by atoms with van der Waals surface area (Å²) in [5, 5.41) is 5.82. The number of carbonyl (C=O) groups excluding carboxylic acids is 4. The predicted octanol–water partition coefficient (Wildman–Crippen LogP) is 4.95. The van der Waals surface area contributed by atoms with Crippen LogP contribution < -0.4 is 16.4 Å². The molecule has 2 unspecified atom stereocenters. The number of rotatable bonds is 10. The second kappa shape index (κ2) is 13.5. The highest BCUT2D eigenvalue weighted by Gasteiger charge is 2.36. The van der Waals surface area contributed by atoms with Crippen molar-refractivity contribution in [3.05, 3.63) is 63.7 Å². The highest BCUT2D eigenvalue weighted by atomic mass is 35.5. The fourth-order valence-electron chi connectivity index (χ4n) is 4.05. The highest BCUT2D eigenvalue weighted by molar-refractivity contribution is 6.34. The quantitative estimate of drug-likeness (QED) is 0.379. The first kappa shape index (κ1) is 31.6. The van der Waals surface area contributed by atoms with Crippen LogP contribution in [0.4, 0.5) is 10.5 Å². The molecule has 2 aromatic carbocycles. The molecule has 4 amide bonds. The molecule has 4 N–H and O–H groups in total. The van der Waals surface area contributed by atoms with Gasteiger partial charge in [0.05, 0.1) is 10.7 Å². The topological polar surface area (TPSA) is 131 Å². The second-order valence-electron chi connectivity index (χ2n) is 10.5. The largest absolute Gasteiger partial charge is 0.444 e. The number of alkyl carbamates (subject to hydrolysis) is 1. The highest BCUT2D eigenvalue weighted by Crippen LogP contribution is 2.30. The molecule has 2 atom stereocenters. The van der Waals surface area contributed by atoms with Gasteiger partial charge in [0.1, 0.15) is 17.7 Å². The number of para-hydroxylation sites is 1. The van der Waals surface area contributed by atoms with Crippen molar-refractivity contribution in [1.82, 2.24) is 10.2 Å². The summed E-state index contributed by atoms with van der Waals surface area (Å²) in [6, 6.07) is 8.58. The fraction of sp³-hybridized carbons (Fsp3) is 0.448. The lowest BCUT2D eigenvalue weighted by molar-refractivity contribution is -0.140. The maximum atomic E-state index is 13.9. The summed E-state index contributed by atoms with van der Waals surface area (Å²) in [5.41, 5.74) is 8.30. The molecule has 0 spiro atoms. The Morgan fingerprint density at radius 1 is 1.03 bits per heavy atom. The van der Waals surface area contributed by atoms with E-state index in [1.54, 1.807) is 45.9 Å². The van der Waals surface area contributed by atoms with Crippen LogP contribution in [0.5, 0.6) is 0 Å². The molecule has 0 aliphatic heterocycles. The van der Waals surface area contributed by atoms with E-state index >= 15 is 0 Å². The van der Waals surface area contributed by atoms with Gasteiger partial charge in [-0.25, -0.2) is 4.79 Å². The number of aryl methyl sites for hydroxylation is 3. The van der Waals surface area contributed by atoms with Crippen molar-refractivity contribution in [2.45, 2.75) is 79.0 Å². The molecule has 0 saturated heterocycles. The molecule has 0 radical (unpaired) electrons. The monoisotopic (exact) mass is 558 g/mol. The summed E-state index contributed by atoms with van der Waals surface area (Å²) >= 11 is 6.38.